The number of anilines is 2. The lowest BCUT2D eigenvalue weighted by atomic mass is 9.83. The summed E-state index contributed by atoms with van der Waals surface area (Å²) in [6.07, 6.45) is 6.75. The molecule has 4 N–H and O–H groups in total. The zero-order valence-electron chi connectivity index (χ0n) is 18.3. The normalized spacial score (nSPS) is 14.4. The van der Waals surface area contributed by atoms with Crippen molar-refractivity contribution in [3.8, 4) is 0 Å². The fraction of sp³-hybridized carbons (Fsp3) is 0.417. The van der Waals surface area contributed by atoms with Crippen LogP contribution < -0.4 is 11.5 Å². The van der Waals surface area contributed by atoms with Crippen molar-refractivity contribution in [2.45, 2.75) is 52.4 Å². The molecule has 0 aromatic carbocycles. The second-order valence-corrected chi connectivity index (χ2v) is 8.48. The van der Waals surface area contributed by atoms with E-state index in [0.717, 1.165) is 35.4 Å². The van der Waals surface area contributed by atoms with Gasteiger partial charge in [0.25, 0.3) is 0 Å². The molecule has 6 nitrogen and oxygen atoms in total. The molecule has 0 saturated heterocycles. The maximum Gasteiger partial charge on any atom is 0.127 e. The second kappa shape index (κ2) is 9.65. The number of aromatic nitrogens is 4. The highest BCUT2D eigenvalue weighted by molar-refractivity contribution is 5.44. The Labute approximate surface area is 179 Å². The zero-order chi connectivity index (χ0) is 21.7. The van der Waals surface area contributed by atoms with Gasteiger partial charge in [-0.1, -0.05) is 39.8 Å². The minimum atomic E-state index is 0.257. The summed E-state index contributed by atoms with van der Waals surface area (Å²) in [4.78, 5) is 17.4. The number of hydrogen-bond acceptors (Lipinski definition) is 6. The molecular weight excluding hydrogens is 372 g/mol. The molecule has 0 aliphatic carbocycles. The Balaban J connectivity index is 1.76. The number of nitrogen functional groups attached to an aromatic ring is 2. The topological polar surface area (TPSA) is 104 Å². The van der Waals surface area contributed by atoms with Crippen LogP contribution in [0.2, 0.25) is 0 Å². The molecule has 30 heavy (non-hydrogen) atoms. The van der Waals surface area contributed by atoms with E-state index in [0.29, 0.717) is 23.5 Å². The number of nitrogens with two attached hydrogens (primary N) is 2. The van der Waals surface area contributed by atoms with Crippen LogP contribution in [0.1, 0.15) is 62.0 Å². The lowest BCUT2D eigenvalue weighted by Crippen LogP contribution is -2.16. The summed E-state index contributed by atoms with van der Waals surface area (Å²) >= 11 is 0. The summed E-state index contributed by atoms with van der Waals surface area (Å²) in [5.41, 5.74) is 16.7. The first-order valence-electron chi connectivity index (χ1n) is 10.6. The van der Waals surface area contributed by atoms with Gasteiger partial charge < -0.3 is 11.5 Å². The van der Waals surface area contributed by atoms with Crippen molar-refractivity contribution in [1.82, 2.24) is 19.9 Å². The van der Waals surface area contributed by atoms with E-state index in [1.807, 2.05) is 12.1 Å². The molecule has 158 valence electrons. The van der Waals surface area contributed by atoms with E-state index >= 15 is 0 Å². The molecule has 0 aliphatic rings. The number of pyridine rings is 2. The summed E-state index contributed by atoms with van der Waals surface area (Å²) in [5, 5.41) is 0. The first-order chi connectivity index (χ1) is 14.4. The van der Waals surface area contributed by atoms with Crippen LogP contribution in [0, 0.1) is 11.8 Å². The molecule has 3 rings (SSSR count). The molecular formula is C24H32N6. The fourth-order valence-electron chi connectivity index (χ4n) is 3.95. The lowest BCUT2D eigenvalue weighted by molar-refractivity contribution is 0.477. The van der Waals surface area contributed by atoms with Gasteiger partial charge in [0, 0.05) is 23.8 Å². The van der Waals surface area contributed by atoms with Crippen molar-refractivity contribution in [1.29, 1.82) is 0 Å². The van der Waals surface area contributed by atoms with Gasteiger partial charge in [0.2, 0.25) is 0 Å². The molecule has 3 aromatic rings. The minimum absolute atomic E-state index is 0.257. The average molecular weight is 405 g/mol. The molecule has 0 aliphatic heterocycles. The summed E-state index contributed by atoms with van der Waals surface area (Å²) in [7, 11) is 0. The molecule has 0 radical (unpaired) electrons. The van der Waals surface area contributed by atoms with Gasteiger partial charge in [0.15, 0.2) is 0 Å². The van der Waals surface area contributed by atoms with Gasteiger partial charge in [0.05, 0.1) is 0 Å². The molecule has 0 bridgehead atoms. The molecule has 1 unspecified atom stereocenters. The highest BCUT2D eigenvalue weighted by atomic mass is 14.9. The molecule has 6 heteroatoms. The Bertz CT molecular complexity index is 957. The molecule has 0 saturated carbocycles. The average Bonchev–Trinajstić information content (AvgIpc) is 2.73. The van der Waals surface area contributed by atoms with Gasteiger partial charge in [-0.15, -0.1) is 0 Å². The van der Waals surface area contributed by atoms with Crippen molar-refractivity contribution in [2.24, 2.45) is 11.8 Å². The van der Waals surface area contributed by atoms with Crippen LogP contribution in [0.3, 0.4) is 0 Å². The standard InChI is InChI=1S/C24H32N6/c1-15(2)22(13-18-9-11-27-14-29-18)21-8-7-19(30-24(21)26)12-16(3)17(4)20-6-5-10-28-23(20)25/h5-11,14-17,22H,12-13H2,1-4H3,(H2,25,28)(H2,26,30)/t16?,17-,22-/m0/s1. The monoisotopic (exact) mass is 404 g/mol. The van der Waals surface area contributed by atoms with Crippen LogP contribution >= 0.6 is 0 Å². The maximum atomic E-state index is 6.43. The maximum absolute atomic E-state index is 6.43. The zero-order valence-corrected chi connectivity index (χ0v) is 18.3. The fourth-order valence-corrected chi connectivity index (χ4v) is 3.95. The summed E-state index contributed by atoms with van der Waals surface area (Å²) < 4.78 is 0. The lowest BCUT2D eigenvalue weighted by Gasteiger charge is -2.24. The Morgan fingerprint density at radius 1 is 0.800 bits per heavy atom. The van der Waals surface area contributed by atoms with Crippen LogP contribution in [-0.2, 0) is 12.8 Å². The Morgan fingerprint density at radius 3 is 2.23 bits per heavy atom. The second-order valence-electron chi connectivity index (χ2n) is 8.48. The molecule has 0 spiro atoms. The third-order valence-electron chi connectivity index (χ3n) is 6.04. The van der Waals surface area contributed by atoms with Crippen LogP contribution in [0.15, 0.2) is 49.1 Å². The van der Waals surface area contributed by atoms with Crippen molar-refractivity contribution >= 4 is 11.6 Å². The number of nitrogens with zero attached hydrogens (tertiary/aromatic N) is 4. The predicted octanol–water partition coefficient (Wildman–Crippen LogP) is 4.40. The van der Waals surface area contributed by atoms with Crippen LogP contribution in [0.4, 0.5) is 11.6 Å². The Hall–Kier alpha value is -3.02. The van der Waals surface area contributed by atoms with Crippen LogP contribution in [0.25, 0.3) is 0 Å². The van der Waals surface area contributed by atoms with Crippen molar-refractivity contribution in [3.63, 3.8) is 0 Å². The Morgan fingerprint density at radius 2 is 1.60 bits per heavy atom. The van der Waals surface area contributed by atoms with Gasteiger partial charge in [-0.2, -0.15) is 0 Å². The van der Waals surface area contributed by atoms with E-state index in [-0.39, 0.29) is 11.8 Å². The third-order valence-corrected chi connectivity index (χ3v) is 6.04. The van der Waals surface area contributed by atoms with E-state index in [1.54, 1.807) is 18.7 Å². The summed E-state index contributed by atoms with van der Waals surface area (Å²) in [6, 6.07) is 10.2. The molecule has 0 amide bonds. The van der Waals surface area contributed by atoms with E-state index in [2.05, 4.69) is 60.8 Å². The molecule has 3 heterocycles. The molecule has 3 aromatic heterocycles. The third kappa shape index (κ3) is 5.12. The van der Waals surface area contributed by atoms with Crippen LogP contribution in [0.5, 0.6) is 0 Å². The van der Waals surface area contributed by atoms with Crippen molar-refractivity contribution < 1.29 is 0 Å². The smallest absolute Gasteiger partial charge is 0.127 e. The van der Waals surface area contributed by atoms with E-state index in [9.17, 15) is 0 Å². The Kier molecular flexibility index (Phi) is 6.98. The predicted molar refractivity (Wildman–Crippen MR) is 122 cm³/mol. The van der Waals surface area contributed by atoms with Gasteiger partial charge in [0.1, 0.15) is 18.0 Å². The quantitative estimate of drug-likeness (QED) is 0.577. The SMILES string of the molecule is CC(Cc1ccc([C@@H](Cc2ccncn2)C(C)C)c(N)n1)[C@H](C)c1cccnc1N. The summed E-state index contributed by atoms with van der Waals surface area (Å²) in [6.45, 7) is 8.82. The summed E-state index contributed by atoms with van der Waals surface area (Å²) in [5.74, 6) is 2.53. The van der Waals surface area contributed by atoms with Gasteiger partial charge in [-0.25, -0.2) is 19.9 Å². The molecule has 3 atom stereocenters. The van der Waals surface area contributed by atoms with E-state index in [1.165, 1.54) is 0 Å². The van der Waals surface area contributed by atoms with E-state index in [4.69, 9.17) is 16.5 Å². The first-order valence-corrected chi connectivity index (χ1v) is 10.6. The largest absolute Gasteiger partial charge is 0.383 e. The number of hydrogen-bond donors (Lipinski definition) is 2. The number of rotatable bonds is 8. The van der Waals surface area contributed by atoms with Gasteiger partial charge >= 0.3 is 0 Å². The van der Waals surface area contributed by atoms with Crippen molar-refractivity contribution in [2.75, 3.05) is 11.5 Å². The molecule has 0 fully saturated rings. The van der Waals surface area contributed by atoms with Crippen LogP contribution in [-0.4, -0.2) is 19.9 Å². The highest BCUT2D eigenvalue weighted by Gasteiger charge is 2.22. The highest BCUT2D eigenvalue weighted by Crippen LogP contribution is 2.33. The first kappa shape index (κ1) is 21.7. The van der Waals surface area contributed by atoms with Gasteiger partial charge in [-0.3, -0.25) is 0 Å². The van der Waals surface area contributed by atoms with Crippen molar-refractivity contribution in [3.05, 3.63) is 71.6 Å². The van der Waals surface area contributed by atoms with E-state index < -0.39 is 0 Å². The minimum Gasteiger partial charge on any atom is -0.383 e. The van der Waals surface area contributed by atoms with Gasteiger partial charge in [-0.05, 0) is 65.8 Å².